The summed E-state index contributed by atoms with van der Waals surface area (Å²) in [5, 5.41) is 0. The normalized spacial score (nSPS) is 17.9. The van der Waals surface area contributed by atoms with E-state index in [0.717, 1.165) is 5.92 Å². The van der Waals surface area contributed by atoms with Crippen LogP contribution in [-0.4, -0.2) is 0 Å². The summed E-state index contributed by atoms with van der Waals surface area (Å²) in [6.07, 6.45) is 12.3. The van der Waals surface area contributed by atoms with Gasteiger partial charge >= 0.3 is 0 Å². The Morgan fingerprint density at radius 2 is 2.11 bits per heavy atom. The van der Waals surface area contributed by atoms with Crippen molar-refractivity contribution < 1.29 is 0 Å². The van der Waals surface area contributed by atoms with E-state index in [9.17, 15) is 0 Å². The maximum absolute atomic E-state index is 2.35. The van der Waals surface area contributed by atoms with E-state index in [0.29, 0.717) is 5.92 Å². The van der Waals surface area contributed by atoms with Crippen molar-refractivity contribution in [2.24, 2.45) is 5.92 Å². The van der Waals surface area contributed by atoms with Crippen LogP contribution < -0.4 is 0 Å². The van der Waals surface area contributed by atoms with Crippen LogP contribution in [0.15, 0.2) is 48.1 Å². The van der Waals surface area contributed by atoms with Crippen molar-refractivity contribution in [1.82, 2.24) is 0 Å². The van der Waals surface area contributed by atoms with Gasteiger partial charge in [-0.25, -0.2) is 0 Å². The minimum absolute atomic E-state index is 0.571. The molecule has 0 amide bonds. The Labute approximate surface area is 118 Å². The highest BCUT2D eigenvalue weighted by molar-refractivity contribution is 5.36. The molecule has 1 aromatic carbocycles. The average Bonchev–Trinajstić information content (AvgIpc) is 3.22. The summed E-state index contributed by atoms with van der Waals surface area (Å²) in [6.45, 7) is 6.46. The van der Waals surface area contributed by atoms with Crippen molar-refractivity contribution in [2.45, 2.75) is 52.4 Å². The molecular weight excluding hydrogens is 228 g/mol. The molecule has 1 aliphatic carbocycles. The van der Waals surface area contributed by atoms with E-state index in [1.807, 2.05) is 0 Å². The average molecular weight is 254 g/mol. The molecule has 0 aromatic heterocycles. The molecule has 0 saturated heterocycles. The summed E-state index contributed by atoms with van der Waals surface area (Å²) in [4.78, 5) is 0. The Morgan fingerprint density at radius 1 is 1.32 bits per heavy atom. The second-order valence-electron chi connectivity index (χ2n) is 5.78. The molecule has 1 fully saturated rings. The molecule has 0 heteroatoms. The molecule has 0 aliphatic heterocycles. The highest BCUT2D eigenvalue weighted by Crippen LogP contribution is 2.39. The Morgan fingerprint density at radius 3 is 2.68 bits per heavy atom. The molecule has 2 rings (SSSR count). The summed E-state index contributed by atoms with van der Waals surface area (Å²) in [5.41, 5.74) is 4.31. The van der Waals surface area contributed by atoms with Crippen LogP contribution in [0.5, 0.6) is 0 Å². The van der Waals surface area contributed by atoms with Gasteiger partial charge in [0.25, 0.3) is 0 Å². The molecule has 1 atom stereocenters. The van der Waals surface area contributed by atoms with Crippen LogP contribution >= 0.6 is 0 Å². The van der Waals surface area contributed by atoms with E-state index >= 15 is 0 Å². The van der Waals surface area contributed by atoms with E-state index in [1.165, 1.54) is 42.4 Å². The quantitative estimate of drug-likeness (QED) is 0.563. The van der Waals surface area contributed by atoms with Crippen LogP contribution in [0.1, 0.15) is 56.6 Å². The van der Waals surface area contributed by atoms with E-state index in [4.69, 9.17) is 0 Å². The number of rotatable bonds is 6. The lowest BCUT2D eigenvalue weighted by Gasteiger charge is -2.19. The molecule has 102 valence electrons. The fourth-order valence-corrected chi connectivity index (χ4v) is 2.83. The summed E-state index contributed by atoms with van der Waals surface area (Å²) < 4.78 is 0. The van der Waals surface area contributed by atoms with Crippen LogP contribution in [0.25, 0.3) is 0 Å². The maximum atomic E-state index is 2.35. The third-order valence-electron chi connectivity index (χ3n) is 4.10. The van der Waals surface area contributed by atoms with Crippen molar-refractivity contribution in [3.05, 3.63) is 59.2 Å². The van der Waals surface area contributed by atoms with Crippen LogP contribution in [0.2, 0.25) is 0 Å². The van der Waals surface area contributed by atoms with Crippen LogP contribution in [-0.2, 0) is 0 Å². The summed E-state index contributed by atoms with van der Waals surface area (Å²) in [6, 6.07) is 9.02. The topological polar surface area (TPSA) is 0 Å². The van der Waals surface area contributed by atoms with Gasteiger partial charge in [-0.2, -0.15) is 0 Å². The van der Waals surface area contributed by atoms with Gasteiger partial charge in [0.2, 0.25) is 0 Å². The third-order valence-corrected chi connectivity index (χ3v) is 4.10. The molecule has 19 heavy (non-hydrogen) atoms. The van der Waals surface area contributed by atoms with Gasteiger partial charge in [-0.1, -0.05) is 60.9 Å². The first-order valence-electron chi connectivity index (χ1n) is 7.60. The maximum Gasteiger partial charge on any atom is 0.00861 e. The Balaban J connectivity index is 2.21. The molecule has 1 aliphatic rings. The predicted octanol–water partition coefficient (Wildman–Crippen LogP) is 5.79. The van der Waals surface area contributed by atoms with E-state index in [1.54, 1.807) is 0 Å². The zero-order valence-electron chi connectivity index (χ0n) is 12.5. The molecule has 0 spiro atoms. The zero-order chi connectivity index (χ0) is 13.7. The van der Waals surface area contributed by atoms with Crippen molar-refractivity contribution in [3.8, 4) is 0 Å². The Hall–Kier alpha value is -1.30. The first-order valence-corrected chi connectivity index (χ1v) is 7.60. The predicted molar refractivity (Wildman–Crippen MR) is 84.4 cm³/mol. The van der Waals surface area contributed by atoms with E-state index in [2.05, 4.69) is 63.3 Å². The largest absolute Gasteiger partial charge is 0.0874 e. The lowest BCUT2D eigenvalue weighted by Crippen LogP contribution is -2.02. The summed E-state index contributed by atoms with van der Waals surface area (Å²) in [5.74, 6) is 1.58. The number of allylic oxidation sites excluding steroid dienone is 4. The van der Waals surface area contributed by atoms with E-state index in [-0.39, 0.29) is 0 Å². The number of benzene rings is 1. The fraction of sp³-hybridized carbons (Fsp3) is 0.474. The van der Waals surface area contributed by atoms with Crippen molar-refractivity contribution in [3.63, 3.8) is 0 Å². The lowest BCUT2D eigenvalue weighted by atomic mass is 9.85. The molecule has 1 unspecified atom stereocenters. The molecule has 0 heterocycles. The van der Waals surface area contributed by atoms with E-state index < -0.39 is 0 Å². The third kappa shape index (κ3) is 4.09. The second-order valence-corrected chi connectivity index (χ2v) is 5.78. The molecule has 0 radical (unpaired) electrons. The number of aryl methyl sites for hydroxylation is 1. The van der Waals surface area contributed by atoms with Crippen LogP contribution in [0.3, 0.4) is 0 Å². The smallest absolute Gasteiger partial charge is 0.00861 e. The van der Waals surface area contributed by atoms with Gasteiger partial charge in [0, 0.05) is 5.92 Å². The highest BCUT2D eigenvalue weighted by Gasteiger charge is 2.24. The van der Waals surface area contributed by atoms with Crippen molar-refractivity contribution >= 4 is 0 Å². The highest BCUT2D eigenvalue weighted by atomic mass is 14.3. The SMILES string of the molecule is C/C=C\C(=C/C)C(CCC1CC1)c1cccc(C)c1. The molecule has 0 N–H and O–H groups in total. The standard InChI is InChI=1S/C19H26/c1-4-7-17(5-2)19(13-12-16-10-11-16)18-9-6-8-15(3)14-18/h4-9,14,16,19H,10-13H2,1-3H3/b7-4-,17-5+. The molecule has 0 nitrogen and oxygen atoms in total. The van der Waals surface area contributed by atoms with Gasteiger partial charge < -0.3 is 0 Å². The minimum Gasteiger partial charge on any atom is -0.0874 e. The minimum atomic E-state index is 0.571. The Bertz CT molecular complexity index is 461. The van der Waals surface area contributed by atoms with Crippen LogP contribution in [0, 0.1) is 12.8 Å². The zero-order valence-corrected chi connectivity index (χ0v) is 12.5. The molecular formula is C19H26. The van der Waals surface area contributed by atoms with Crippen LogP contribution in [0.4, 0.5) is 0 Å². The van der Waals surface area contributed by atoms with Gasteiger partial charge in [0.1, 0.15) is 0 Å². The summed E-state index contributed by atoms with van der Waals surface area (Å²) >= 11 is 0. The van der Waals surface area contributed by atoms with Gasteiger partial charge in [-0.3, -0.25) is 0 Å². The fourth-order valence-electron chi connectivity index (χ4n) is 2.83. The Kier molecular flexibility index (Phi) is 5.01. The summed E-state index contributed by atoms with van der Waals surface area (Å²) in [7, 11) is 0. The first kappa shape index (κ1) is 14.1. The van der Waals surface area contributed by atoms with Crippen molar-refractivity contribution in [2.75, 3.05) is 0 Å². The van der Waals surface area contributed by atoms with Gasteiger partial charge in [0.15, 0.2) is 0 Å². The monoisotopic (exact) mass is 254 g/mol. The van der Waals surface area contributed by atoms with Crippen molar-refractivity contribution in [1.29, 1.82) is 0 Å². The number of hydrogen-bond acceptors (Lipinski definition) is 0. The van der Waals surface area contributed by atoms with Gasteiger partial charge in [-0.05, 0) is 50.7 Å². The lowest BCUT2D eigenvalue weighted by molar-refractivity contribution is 0.612. The molecule has 1 aromatic rings. The first-order chi connectivity index (χ1) is 9.24. The molecule has 0 bridgehead atoms. The number of hydrogen-bond donors (Lipinski definition) is 0. The second kappa shape index (κ2) is 6.75. The van der Waals surface area contributed by atoms with Gasteiger partial charge in [0.05, 0.1) is 0 Å². The molecule has 1 saturated carbocycles. The van der Waals surface area contributed by atoms with Gasteiger partial charge in [-0.15, -0.1) is 0 Å².